The summed E-state index contributed by atoms with van der Waals surface area (Å²) in [7, 11) is 0.891. The Kier molecular flexibility index (Phi) is 3.02. The minimum atomic E-state index is -5.44. The lowest BCUT2D eigenvalue weighted by atomic mass is 9.76. The van der Waals surface area contributed by atoms with E-state index in [0.717, 1.165) is 19.2 Å². The van der Waals surface area contributed by atoms with E-state index in [1.165, 1.54) is 0 Å². The fourth-order valence-electron chi connectivity index (χ4n) is 1.13. The van der Waals surface area contributed by atoms with Crippen molar-refractivity contribution in [2.75, 3.05) is 7.11 Å². The molecule has 1 rings (SSSR count). The molecule has 82 valence electrons. The molecule has 0 N–H and O–H groups in total. The molecule has 0 aliphatic carbocycles. The smallest absolute Gasteiger partial charge is 0.465 e. The average Bonchev–Trinajstić information content (AvgIpc) is 2.15. The lowest BCUT2D eigenvalue weighted by Crippen LogP contribution is -2.39. The number of ether oxygens (including phenoxy) is 1. The fraction of sp³-hybridized carbons (Fsp3) is 0.125. The topological polar surface area (TPSA) is 26.3 Å². The fourth-order valence-corrected chi connectivity index (χ4v) is 1.13. The average molecular weight is 221 g/mol. The van der Waals surface area contributed by atoms with Gasteiger partial charge in [0.2, 0.25) is 0 Å². The minimum Gasteiger partial charge on any atom is -0.465 e. The highest BCUT2D eigenvalue weighted by Crippen LogP contribution is 2.15. The van der Waals surface area contributed by atoms with Gasteiger partial charge >= 0.3 is 12.9 Å². The zero-order valence-electron chi connectivity index (χ0n) is 7.64. The molecular weight excluding hydrogens is 215 g/mol. The third-order valence-electron chi connectivity index (χ3n) is 1.79. The Hall–Kier alpha value is -1.53. The molecule has 2 nitrogen and oxygen atoms in total. The number of carbonyl (C=O) groups excluding carboxylic acids is 1. The van der Waals surface area contributed by atoms with E-state index >= 15 is 0 Å². The highest BCUT2D eigenvalue weighted by Gasteiger charge is 2.32. The number of rotatable bonds is 2. The second-order valence-corrected chi connectivity index (χ2v) is 2.77. The molecule has 0 atom stereocenters. The monoisotopic (exact) mass is 221 g/mol. The van der Waals surface area contributed by atoms with Crippen molar-refractivity contribution in [3.63, 3.8) is 0 Å². The lowest BCUT2D eigenvalue weighted by Gasteiger charge is -2.18. The molecule has 0 aliphatic rings. The van der Waals surface area contributed by atoms with E-state index < -0.39 is 29.8 Å². The number of carbonyl (C=O) groups is 1. The lowest BCUT2D eigenvalue weighted by molar-refractivity contribution is 0.0596. The third kappa shape index (κ3) is 2.29. The van der Waals surface area contributed by atoms with Crippen LogP contribution in [0.4, 0.5) is 17.3 Å². The summed E-state index contributed by atoms with van der Waals surface area (Å²) in [5.74, 6) is -2.57. The molecule has 15 heavy (non-hydrogen) atoms. The molecule has 0 radical (unpaired) electrons. The van der Waals surface area contributed by atoms with Gasteiger partial charge in [0.1, 0.15) is 5.82 Å². The Morgan fingerprint density at radius 1 is 1.33 bits per heavy atom. The van der Waals surface area contributed by atoms with E-state index in [4.69, 9.17) is 0 Å². The van der Waals surface area contributed by atoms with Gasteiger partial charge in [-0.25, -0.2) is 9.18 Å². The zero-order valence-corrected chi connectivity index (χ0v) is 7.64. The molecular formula is C8H6BF4O2-. The van der Waals surface area contributed by atoms with Gasteiger partial charge in [-0.1, -0.05) is 17.6 Å². The van der Waals surface area contributed by atoms with Crippen LogP contribution in [0.1, 0.15) is 10.4 Å². The standard InChI is InChI=1S/C8H6BF4O2/c1-15-8(14)7-5(9(11,12)13)3-2-4-6(7)10/h2-4H,1H3/q-1. The summed E-state index contributed by atoms with van der Waals surface area (Å²) in [5.41, 5.74) is -2.34. The first-order chi connectivity index (χ1) is 6.88. The summed E-state index contributed by atoms with van der Waals surface area (Å²) in [5, 5.41) is 0. The predicted octanol–water partition coefficient (Wildman–Crippen LogP) is 1.67. The van der Waals surface area contributed by atoms with Gasteiger partial charge in [-0.2, -0.15) is 0 Å². The summed E-state index contributed by atoms with van der Waals surface area (Å²) in [6.45, 7) is -5.44. The van der Waals surface area contributed by atoms with Crippen LogP contribution >= 0.6 is 0 Å². The van der Waals surface area contributed by atoms with Crippen LogP contribution in [0.2, 0.25) is 0 Å². The summed E-state index contributed by atoms with van der Waals surface area (Å²) < 4.78 is 54.4. The quantitative estimate of drug-likeness (QED) is 0.431. The van der Waals surface area contributed by atoms with Gasteiger partial charge in [-0.15, -0.1) is 0 Å². The molecule has 0 heterocycles. The molecule has 1 aromatic carbocycles. The van der Waals surface area contributed by atoms with E-state index in [2.05, 4.69) is 4.74 Å². The SMILES string of the molecule is COC(=O)c1c(F)cccc1[B-](F)(F)F. The van der Waals surface area contributed by atoms with Gasteiger partial charge in [0.15, 0.2) is 0 Å². The van der Waals surface area contributed by atoms with Crippen molar-refractivity contribution >= 4 is 18.4 Å². The van der Waals surface area contributed by atoms with Crippen LogP contribution in [-0.2, 0) is 4.74 Å². The van der Waals surface area contributed by atoms with Gasteiger partial charge in [0.25, 0.3) is 0 Å². The largest absolute Gasteiger partial charge is 0.510 e. The Morgan fingerprint density at radius 2 is 1.93 bits per heavy atom. The van der Waals surface area contributed by atoms with Gasteiger partial charge in [0, 0.05) is 0 Å². The number of hydrogen-bond acceptors (Lipinski definition) is 2. The van der Waals surface area contributed by atoms with Crippen molar-refractivity contribution in [3.05, 3.63) is 29.6 Å². The van der Waals surface area contributed by atoms with Crippen molar-refractivity contribution < 1.29 is 26.9 Å². The molecule has 0 saturated carbocycles. The Morgan fingerprint density at radius 3 is 2.40 bits per heavy atom. The maximum Gasteiger partial charge on any atom is 0.510 e. The normalized spacial score (nSPS) is 11.3. The zero-order chi connectivity index (χ0) is 11.6. The summed E-state index contributed by atoms with van der Waals surface area (Å²) in [6, 6.07) is 2.32. The maximum absolute atomic E-state index is 13.0. The number of hydrogen-bond donors (Lipinski definition) is 0. The number of methoxy groups -OCH3 is 1. The molecule has 0 aromatic heterocycles. The molecule has 0 fully saturated rings. The molecule has 0 unspecified atom stereocenters. The molecule has 0 bridgehead atoms. The van der Waals surface area contributed by atoms with Crippen LogP contribution in [0, 0.1) is 5.82 Å². The summed E-state index contributed by atoms with van der Waals surface area (Å²) in [6.07, 6.45) is 0. The Bertz CT molecular complexity index is 389. The molecule has 1 aromatic rings. The van der Waals surface area contributed by atoms with Gasteiger partial charge in [0.05, 0.1) is 12.7 Å². The first kappa shape index (κ1) is 11.5. The van der Waals surface area contributed by atoms with Crippen molar-refractivity contribution in [2.24, 2.45) is 0 Å². The molecule has 0 spiro atoms. The predicted molar refractivity (Wildman–Crippen MR) is 46.5 cm³/mol. The first-order valence-electron chi connectivity index (χ1n) is 3.94. The van der Waals surface area contributed by atoms with Crippen molar-refractivity contribution in [1.82, 2.24) is 0 Å². The van der Waals surface area contributed by atoms with E-state index in [-0.39, 0.29) is 0 Å². The second kappa shape index (κ2) is 3.92. The van der Waals surface area contributed by atoms with E-state index in [0.29, 0.717) is 6.07 Å². The number of benzene rings is 1. The maximum atomic E-state index is 13.0. The number of halogens is 4. The van der Waals surface area contributed by atoms with Crippen molar-refractivity contribution in [3.8, 4) is 0 Å². The minimum absolute atomic E-state index is 0.648. The Balaban J connectivity index is 3.40. The van der Waals surface area contributed by atoms with E-state index in [1.807, 2.05) is 0 Å². The van der Waals surface area contributed by atoms with Gasteiger partial charge < -0.3 is 17.7 Å². The van der Waals surface area contributed by atoms with Crippen LogP contribution in [0.15, 0.2) is 18.2 Å². The van der Waals surface area contributed by atoms with Gasteiger partial charge in [-0.3, -0.25) is 0 Å². The third-order valence-corrected chi connectivity index (χ3v) is 1.79. The van der Waals surface area contributed by atoms with E-state index in [9.17, 15) is 22.1 Å². The van der Waals surface area contributed by atoms with E-state index in [1.54, 1.807) is 0 Å². The highest BCUT2D eigenvalue weighted by molar-refractivity contribution is 6.74. The molecule has 0 aliphatic heterocycles. The molecule has 0 amide bonds. The van der Waals surface area contributed by atoms with Crippen LogP contribution < -0.4 is 5.46 Å². The van der Waals surface area contributed by atoms with Crippen molar-refractivity contribution in [2.45, 2.75) is 0 Å². The Labute approximate surface area is 82.9 Å². The number of esters is 1. The van der Waals surface area contributed by atoms with Crippen LogP contribution in [0.3, 0.4) is 0 Å². The van der Waals surface area contributed by atoms with Crippen LogP contribution in [-0.4, -0.2) is 20.1 Å². The summed E-state index contributed by atoms with van der Waals surface area (Å²) >= 11 is 0. The first-order valence-corrected chi connectivity index (χ1v) is 3.94. The molecule has 0 saturated heterocycles. The summed E-state index contributed by atoms with van der Waals surface area (Å²) in [4.78, 5) is 10.9. The van der Waals surface area contributed by atoms with Gasteiger partial charge in [-0.05, 0) is 6.07 Å². The van der Waals surface area contributed by atoms with Crippen molar-refractivity contribution in [1.29, 1.82) is 0 Å². The van der Waals surface area contributed by atoms with Crippen LogP contribution in [0.25, 0.3) is 0 Å². The molecule has 7 heteroatoms. The second-order valence-electron chi connectivity index (χ2n) is 2.77. The van der Waals surface area contributed by atoms with Crippen LogP contribution in [0.5, 0.6) is 0 Å². The highest BCUT2D eigenvalue weighted by atomic mass is 19.4.